The first-order valence-corrected chi connectivity index (χ1v) is 13.0. The van der Waals surface area contributed by atoms with Crippen LogP contribution in [0.2, 0.25) is 0 Å². The number of carbonyl (C=O) groups is 1. The Morgan fingerprint density at radius 2 is 1.83 bits per heavy atom. The van der Waals surface area contributed by atoms with E-state index in [0.717, 1.165) is 75.2 Å². The minimum Gasteiger partial charge on any atom is -0.494 e. The van der Waals surface area contributed by atoms with E-state index in [4.69, 9.17) is 14.5 Å². The number of benzene rings is 2. The van der Waals surface area contributed by atoms with Crippen LogP contribution < -0.4 is 10.1 Å². The van der Waals surface area contributed by atoms with Crippen LogP contribution in [-0.4, -0.2) is 42.3 Å². The molecular formula is C29H41N3O3. The molecule has 6 heteroatoms. The Bertz CT molecular complexity index is 1030. The summed E-state index contributed by atoms with van der Waals surface area (Å²) in [6.45, 7) is 6.96. The molecule has 0 saturated carbocycles. The number of unbranched alkanes of at least 4 members (excludes halogenated alkanes) is 3. The molecule has 1 unspecified atom stereocenters. The predicted octanol–water partition coefficient (Wildman–Crippen LogP) is 5.88. The van der Waals surface area contributed by atoms with Crippen LogP contribution in [0.25, 0.3) is 11.0 Å². The van der Waals surface area contributed by atoms with Crippen molar-refractivity contribution < 1.29 is 14.3 Å². The maximum atomic E-state index is 11.5. The highest BCUT2D eigenvalue weighted by Gasteiger charge is 2.10. The molecule has 1 heterocycles. The molecule has 0 aliphatic rings. The molecule has 3 rings (SSSR count). The third-order valence-electron chi connectivity index (χ3n) is 6.51. The normalized spacial score (nSPS) is 12.1. The largest absolute Gasteiger partial charge is 0.494 e. The van der Waals surface area contributed by atoms with Crippen LogP contribution in [-0.2, 0) is 22.5 Å². The molecule has 0 spiro atoms. The predicted molar refractivity (Wildman–Crippen MR) is 142 cm³/mol. The summed E-state index contributed by atoms with van der Waals surface area (Å²) in [6, 6.07) is 16.9. The molecule has 35 heavy (non-hydrogen) atoms. The molecule has 1 N–H and O–H groups in total. The first-order valence-electron chi connectivity index (χ1n) is 13.0. The van der Waals surface area contributed by atoms with E-state index in [-0.39, 0.29) is 12.5 Å². The molecule has 0 bridgehead atoms. The van der Waals surface area contributed by atoms with Gasteiger partial charge < -0.3 is 19.4 Å². The van der Waals surface area contributed by atoms with Gasteiger partial charge in [0.1, 0.15) is 18.2 Å². The van der Waals surface area contributed by atoms with E-state index >= 15 is 0 Å². The highest BCUT2D eigenvalue weighted by atomic mass is 16.5. The number of carbonyl (C=O) groups excluding carboxylic acids is 1. The van der Waals surface area contributed by atoms with E-state index in [1.54, 1.807) is 0 Å². The van der Waals surface area contributed by atoms with Crippen LogP contribution in [0.1, 0.15) is 69.7 Å². The van der Waals surface area contributed by atoms with E-state index in [2.05, 4.69) is 66.2 Å². The van der Waals surface area contributed by atoms with Gasteiger partial charge >= 0.3 is 0 Å². The number of aromatic nitrogens is 2. The van der Waals surface area contributed by atoms with Crippen molar-refractivity contribution in [3.63, 3.8) is 0 Å². The van der Waals surface area contributed by atoms with Crippen molar-refractivity contribution in [1.82, 2.24) is 14.9 Å². The highest BCUT2D eigenvalue weighted by molar-refractivity contribution is 5.77. The van der Waals surface area contributed by atoms with Crippen molar-refractivity contribution in [1.29, 1.82) is 0 Å². The molecule has 1 atom stereocenters. The number of hydrogen-bond donors (Lipinski definition) is 1. The quantitative estimate of drug-likeness (QED) is 0.260. The van der Waals surface area contributed by atoms with Gasteiger partial charge in [0.25, 0.3) is 0 Å². The molecule has 0 saturated heterocycles. The van der Waals surface area contributed by atoms with Gasteiger partial charge in [-0.2, -0.15) is 0 Å². The van der Waals surface area contributed by atoms with Crippen molar-refractivity contribution in [2.24, 2.45) is 0 Å². The number of nitrogens with zero attached hydrogens (tertiary/aromatic N) is 2. The van der Waals surface area contributed by atoms with Crippen molar-refractivity contribution in [2.45, 2.75) is 71.3 Å². The number of amides is 1. The number of ether oxygens (including phenoxy) is 2. The standard InChI is InChI=1S/C29H41N3O3/c1-4-23(2)24-15-17-25(18-16-24)35-21-11-10-20-32-27-13-8-7-12-26(27)31-28(32)14-6-5-9-19-30-29(33)22-34-3/h7-8,12-13,15-18,23H,4-6,9-11,14,19-22H2,1-3H3,(H,30,33). The molecule has 0 aliphatic heterocycles. The van der Waals surface area contributed by atoms with Crippen molar-refractivity contribution >= 4 is 16.9 Å². The van der Waals surface area contributed by atoms with Gasteiger partial charge in [-0.1, -0.05) is 44.5 Å². The molecule has 0 fully saturated rings. The molecule has 0 aliphatic carbocycles. The van der Waals surface area contributed by atoms with Gasteiger partial charge in [0.05, 0.1) is 17.6 Å². The second-order valence-corrected chi connectivity index (χ2v) is 9.20. The van der Waals surface area contributed by atoms with Gasteiger partial charge in [-0.3, -0.25) is 4.79 Å². The Balaban J connectivity index is 1.44. The smallest absolute Gasteiger partial charge is 0.245 e. The zero-order chi connectivity index (χ0) is 24.9. The number of hydrogen-bond acceptors (Lipinski definition) is 4. The zero-order valence-corrected chi connectivity index (χ0v) is 21.6. The van der Waals surface area contributed by atoms with Crippen molar-refractivity contribution in [3.8, 4) is 5.75 Å². The first-order chi connectivity index (χ1) is 17.1. The lowest BCUT2D eigenvalue weighted by atomic mass is 9.99. The first kappa shape index (κ1) is 26.7. The van der Waals surface area contributed by atoms with Gasteiger partial charge in [-0.15, -0.1) is 0 Å². The summed E-state index contributed by atoms with van der Waals surface area (Å²) in [7, 11) is 1.53. The summed E-state index contributed by atoms with van der Waals surface area (Å²) in [5.41, 5.74) is 3.64. The van der Waals surface area contributed by atoms with Crippen LogP contribution in [0.4, 0.5) is 0 Å². The average molecular weight is 480 g/mol. The maximum absolute atomic E-state index is 11.5. The third-order valence-corrected chi connectivity index (χ3v) is 6.51. The van der Waals surface area contributed by atoms with Gasteiger partial charge in [0.2, 0.25) is 5.91 Å². The molecule has 0 radical (unpaired) electrons. The SMILES string of the molecule is CCC(C)c1ccc(OCCCCn2c(CCCCCNC(=O)COC)nc3ccccc32)cc1. The molecule has 2 aromatic carbocycles. The van der Waals surface area contributed by atoms with Gasteiger partial charge in [-0.25, -0.2) is 4.98 Å². The van der Waals surface area contributed by atoms with Crippen LogP contribution in [0.15, 0.2) is 48.5 Å². The lowest BCUT2D eigenvalue weighted by molar-refractivity contribution is -0.124. The van der Waals surface area contributed by atoms with E-state index in [1.165, 1.54) is 18.2 Å². The third kappa shape index (κ3) is 8.39. The zero-order valence-electron chi connectivity index (χ0n) is 21.6. The number of fused-ring (bicyclic) bond motifs is 1. The summed E-state index contributed by atoms with van der Waals surface area (Å²) in [5.74, 6) is 2.63. The monoisotopic (exact) mass is 479 g/mol. The molecular weight excluding hydrogens is 438 g/mol. The van der Waals surface area contributed by atoms with Gasteiger partial charge in [0.15, 0.2) is 0 Å². The average Bonchev–Trinajstić information content (AvgIpc) is 3.23. The van der Waals surface area contributed by atoms with Crippen LogP contribution in [0.3, 0.4) is 0 Å². The highest BCUT2D eigenvalue weighted by Crippen LogP contribution is 2.22. The molecule has 190 valence electrons. The fourth-order valence-electron chi connectivity index (χ4n) is 4.25. The number of aryl methyl sites for hydroxylation is 2. The number of nitrogens with one attached hydrogen (secondary N) is 1. The van der Waals surface area contributed by atoms with E-state index in [9.17, 15) is 4.79 Å². The summed E-state index contributed by atoms with van der Waals surface area (Å²) in [5, 5.41) is 2.88. The Morgan fingerprint density at radius 1 is 1.03 bits per heavy atom. The number of para-hydroxylation sites is 2. The second kappa shape index (κ2) is 14.5. The summed E-state index contributed by atoms with van der Waals surface area (Å²) >= 11 is 0. The van der Waals surface area contributed by atoms with Crippen molar-refractivity contribution in [3.05, 3.63) is 59.9 Å². The minimum atomic E-state index is -0.0543. The lowest BCUT2D eigenvalue weighted by Crippen LogP contribution is -2.27. The fourth-order valence-corrected chi connectivity index (χ4v) is 4.25. The van der Waals surface area contributed by atoms with Gasteiger partial charge in [-0.05, 0) is 67.9 Å². The Morgan fingerprint density at radius 3 is 2.60 bits per heavy atom. The Hall–Kier alpha value is -2.86. The topological polar surface area (TPSA) is 65.4 Å². The molecule has 1 aromatic heterocycles. The maximum Gasteiger partial charge on any atom is 0.245 e. The van der Waals surface area contributed by atoms with Crippen LogP contribution >= 0.6 is 0 Å². The second-order valence-electron chi connectivity index (χ2n) is 9.20. The lowest BCUT2D eigenvalue weighted by Gasteiger charge is -2.12. The van der Waals surface area contributed by atoms with Gasteiger partial charge in [0, 0.05) is 26.6 Å². The van der Waals surface area contributed by atoms with Crippen LogP contribution in [0, 0.1) is 0 Å². The molecule has 6 nitrogen and oxygen atoms in total. The Kier molecular flexibility index (Phi) is 11.1. The van der Waals surface area contributed by atoms with E-state index in [1.807, 2.05) is 6.07 Å². The number of methoxy groups -OCH3 is 1. The number of imidazole rings is 1. The molecule has 3 aromatic rings. The Labute approximate surface area is 210 Å². The molecule has 1 amide bonds. The van der Waals surface area contributed by atoms with E-state index in [0.29, 0.717) is 12.5 Å². The van der Waals surface area contributed by atoms with E-state index < -0.39 is 0 Å². The summed E-state index contributed by atoms with van der Waals surface area (Å²) in [6.07, 6.45) is 7.22. The fraction of sp³-hybridized carbons (Fsp3) is 0.517. The van der Waals surface area contributed by atoms with Crippen LogP contribution in [0.5, 0.6) is 5.75 Å². The van der Waals surface area contributed by atoms with Crippen molar-refractivity contribution in [2.75, 3.05) is 26.9 Å². The number of rotatable bonds is 16. The summed E-state index contributed by atoms with van der Waals surface area (Å²) in [4.78, 5) is 16.4. The summed E-state index contributed by atoms with van der Waals surface area (Å²) < 4.78 is 13.2. The minimum absolute atomic E-state index is 0.0543.